The molecule has 3 aromatic rings. The third kappa shape index (κ3) is 3.08. The Balaban J connectivity index is 1.71. The molecule has 24 heavy (non-hydrogen) atoms. The van der Waals surface area contributed by atoms with Gasteiger partial charge in [-0.05, 0) is 25.0 Å². The van der Waals surface area contributed by atoms with Crippen LogP contribution in [0.15, 0.2) is 35.3 Å². The second kappa shape index (κ2) is 6.69. The molecule has 0 fully saturated rings. The summed E-state index contributed by atoms with van der Waals surface area (Å²) in [5.41, 5.74) is 1.16. The maximum Gasteiger partial charge on any atom is 0.350 e. The highest BCUT2D eigenvalue weighted by atomic mass is 16.2. The molecule has 3 aromatic heterocycles. The SMILES string of the molecule is CCC(CC)c1cc(NC(=O)Cn2nc3ccccn3c2=O)n[nH]1. The molecule has 0 saturated carbocycles. The van der Waals surface area contributed by atoms with Gasteiger partial charge in [0.15, 0.2) is 11.5 Å². The molecule has 3 rings (SSSR count). The third-order valence-electron chi connectivity index (χ3n) is 4.07. The number of carbonyl (C=O) groups excluding carboxylic acids is 1. The lowest BCUT2D eigenvalue weighted by molar-refractivity contribution is -0.117. The largest absolute Gasteiger partial charge is 0.350 e. The fourth-order valence-corrected chi connectivity index (χ4v) is 2.73. The van der Waals surface area contributed by atoms with Crippen LogP contribution in [0.25, 0.3) is 5.65 Å². The third-order valence-corrected chi connectivity index (χ3v) is 4.07. The molecule has 2 N–H and O–H groups in total. The fraction of sp³-hybridized carbons (Fsp3) is 0.375. The minimum absolute atomic E-state index is 0.159. The Morgan fingerprint density at radius 1 is 1.33 bits per heavy atom. The molecule has 0 aliphatic rings. The summed E-state index contributed by atoms with van der Waals surface area (Å²) in [6.07, 6.45) is 3.63. The number of anilines is 1. The highest BCUT2D eigenvalue weighted by Crippen LogP contribution is 2.22. The number of aromatic amines is 1. The number of nitrogens with one attached hydrogen (secondary N) is 2. The number of nitrogens with zero attached hydrogens (tertiary/aromatic N) is 4. The molecule has 8 nitrogen and oxygen atoms in total. The van der Waals surface area contributed by atoms with E-state index in [0.29, 0.717) is 17.4 Å². The number of fused-ring (bicyclic) bond motifs is 1. The van der Waals surface area contributed by atoms with Gasteiger partial charge in [0.2, 0.25) is 5.91 Å². The van der Waals surface area contributed by atoms with Crippen LogP contribution in [0.5, 0.6) is 0 Å². The first kappa shape index (κ1) is 16.0. The van der Waals surface area contributed by atoms with Gasteiger partial charge in [0.05, 0.1) is 0 Å². The quantitative estimate of drug-likeness (QED) is 0.720. The van der Waals surface area contributed by atoms with Crippen LogP contribution in [-0.4, -0.2) is 30.3 Å². The molecule has 3 heterocycles. The Morgan fingerprint density at radius 2 is 2.12 bits per heavy atom. The zero-order valence-electron chi connectivity index (χ0n) is 13.7. The summed E-state index contributed by atoms with van der Waals surface area (Å²) in [5, 5.41) is 13.9. The van der Waals surface area contributed by atoms with Crippen molar-refractivity contribution in [2.24, 2.45) is 0 Å². The number of aromatic nitrogens is 5. The number of rotatable bonds is 6. The second-order valence-corrected chi connectivity index (χ2v) is 5.64. The van der Waals surface area contributed by atoms with E-state index in [-0.39, 0.29) is 18.1 Å². The van der Waals surface area contributed by atoms with Crippen molar-refractivity contribution in [3.05, 3.63) is 46.6 Å². The Bertz CT molecular complexity index is 903. The van der Waals surface area contributed by atoms with E-state index in [1.54, 1.807) is 24.4 Å². The first-order valence-corrected chi connectivity index (χ1v) is 8.01. The van der Waals surface area contributed by atoms with Gasteiger partial charge in [-0.15, -0.1) is 5.10 Å². The molecular formula is C16H20N6O2. The number of pyridine rings is 1. The molecule has 0 saturated heterocycles. The van der Waals surface area contributed by atoms with E-state index in [1.165, 1.54) is 4.40 Å². The van der Waals surface area contributed by atoms with Gasteiger partial charge < -0.3 is 5.32 Å². The standard InChI is InChI=1S/C16H20N6O2/c1-3-11(4-2)12-9-13(19-18-12)17-15(23)10-22-16(24)21-8-6-5-7-14(21)20-22/h5-9,11H,3-4,10H2,1-2H3,(H2,17,18,19,23). The van der Waals surface area contributed by atoms with E-state index in [2.05, 4.69) is 34.5 Å². The molecule has 0 unspecified atom stereocenters. The number of amides is 1. The monoisotopic (exact) mass is 328 g/mol. The fourth-order valence-electron chi connectivity index (χ4n) is 2.73. The molecule has 1 amide bonds. The summed E-state index contributed by atoms with van der Waals surface area (Å²) in [7, 11) is 0. The summed E-state index contributed by atoms with van der Waals surface area (Å²) in [6.45, 7) is 4.07. The predicted molar refractivity (Wildman–Crippen MR) is 90.0 cm³/mol. The van der Waals surface area contributed by atoms with E-state index >= 15 is 0 Å². The van der Waals surface area contributed by atoms with Gasteiger partial charge in [-0.25, -0.2) is 9.48 Å². The lowest BCUT2D eigenvalue weighted by atomic mass is 10.00. The highest BCUT2D eigenvalue weighted by Gasteiger charge is 2.14. The molecular weight excluding hydrogens is 308 g/mol. The average molecular weight is 328 g/mol. The summed E-state index contributed by atoms with van der Waals surface area (Å²) < 4.78 is 2.53. The molecule has 8 heteroatoms. The Labute approximate surface area is 138 Å². The molecule has 0 aliphatic heterocycles. The lowest BCUT2D eigenvalue weighted by Gasteiger charge is -2.07. The van der Waals surface area contributed by atoms with E-state index in [4.69, 9.17) is 0 Å². The van der Waals surface area contributed by atoms with Crippen molar-refractivity contribution >= 4 is 17.4 Å². The van der Waals surface area contributed by atoms with Crippen molar-refractivity contribution < 1.29 is 4.79 Å². The number of hydrogen-bond donors (Lipinski definition) is 2. The molecule has 0 aromatic carbocycles. The zero-order valence-corrected chi connectivity index (χ0v) is 13.7. The van der Waals surface area contributed by atoms with E-state index in [0.717, 1.165) is 23.2 Å². The van der Waals surface area contributed by atoms with Gasteiger partial charge in [0, 0.05) is 23.9 Å². The normalized spacial score (nSPS) is 11.3. The van der Waals surface area contributed by atoms with Crippen molar-refractivity contribution in [2.75, 3.05) is 5.32 Å². The Morgan fingerprint density at radius 3 is 2.83 bits per heavy atom. The highest BCUT2D eigenvalue weighted by molar-refractivity contribution is 5.89. The van der Waals surface area contributed by atoms with Crippen LogP contribution in [0, 0.1) is 0 Å². The summed E-state index contributed by atoms with van der Waals surface area (Å²) in [6, 6.07) is 7.08. The van der Waals surface area contributed by atoms with Crippen LogP contribution in [0.4, 0.5) is 5.82 Å². The summed E-state index contributed by atoms with van der Waals surface area (Å²) in [5.74, 6) is 0.506. The van der Waals surface area contributed by atoms with Crippen LogP contribution in [0.2, 0.25) is 0 Å². The molecule has 126 valence electrons. The summed E-state index contributed by atoms with van der Waals surface area (Å²) >= 11 is 0. The topological polar surface area (TPSA) is 97.1 Å². The van der Waals surface area contributed by atoms with Crippen molar-refractivity contribution in [2.45, 2.75) is 39.2 Å². The van der Waals surface area contributed by atoms with Crippen molar-refractivity contribution in [3.8, 4) is 0 Å². The molecule has 0 bridgehead atoms. The van der Waals surface area contributed by atoms with Crippen LogP contribution in [-0.2, 0) is 11.3 Å². The van der Waals surface area contributed by atoms with E-state index in [9.17, 15) is 9.59 Å². The molecule has 0 radical (unpaired) electrons. The van der Waals surface area contributed by atoms with Crippen LogP contribution in [0.1, 0.15) is 38.3 Å². The Kier molecular flexibility index (Phi) is 4.45. The molecule has 0 aliphatic carbocycles. The average Bonchev–Trinajstić information content (AvgIpc) is 3.15. The minimum atomic E-state index is -0.347. The smallest absolute Gasteiger partial charge is 0.308 e. The van der Waals surface area contributed by atoms with Crippen molar-refractivity contribution in [1.29, 1.82) is 0 Å². The summed E-state index contributed by atoms with van der Waals surface area (Å²) in [4.78, 5) is 24.3. The minimum Gasteiger partial charge on any atom is -0.308 e. The van der Waals surface area contributed by atoms with Crippen LogP contribution >= 0.6 is 0 Å². The predicted octanol–water partition coefficient (Wildman–Crippen LogP) is 1.76. The van der Waals surface area contributed by atoms with Crippen LogP contribution in [0.3, 0.4) is 0 Å². The van der Waals surface area contributed by atoms with Crippen molar-refractivity contribution in [3.63, 3.8) is 0 Å². The van der Waals surface area contributed by atoms with Gasteiger partial charge in [-0.1, -0.05) is 19.9 Å². The van der Waals surface area contributed by atoms with Gasteiger partial charge in [0.1, 0.15) is 6.54 Å². The maximum absolute atomic E-state index is 12.2. The second-order valence-electron chi connectivity index (χ2n) is 5.64. The first-order valence-electron chi connectivity index (χ1n) is 8.01. The van der Waals surface area contributed by atoms with Gasteiger partial charge in [-0.2, -0.15) is 5.10 Å². The number of H-pyrrole nitrogens is 1. The van der Waals surface area contributed by atoms with E-state index in [1.807, 2.05) is 6.07 Å². The number of carbonyl (C=O) groups is 1. The number of hydrogen-bond acceptors (Lipinski definition) is 4. The van der Waals surface area contributed by atoms with Crippen LogP contribution < -0.4 is 11.0 Å². The van der Waals surface area contributed by atoms with Gasteiger partial charge in [0.25, 0.3) is 0 Å². The maximum atomic E-state index is 12.2. The molecule has 0 spiro atoms. The Hall–Kier alpha value is -2.90. The first-order chi connectivity index (χ1) is 11.6. The molecule has 0 atom stereocenters. The van der Waals surface area contributed by atoms with E-state index < -0.39 is 0 Å². The lowest BCUT2D eigenvalue weighted by Crippen LogP contribution is -2.28. The van der Waals surface area contributed by atoms with Gasteiger partial charge >= 0.3 is 5.69 Å². The zero-order chi connectivity index (χ0) is 17.1. The van der Waals surface area contributed by atoms with Gasteiger partial charge in [-0.3, -0.25) is 14.3 Å². The van der Waals surface area contributed by atoms with Crippen molar-refractivity contribution in [1.82, 2.24) is 24.4 Å².